The maximum absolute atomic E-state index is 13.7. The number of aliphatic hydroxyl groups is 1. The summed E-state index contributed by atoms with van der Waals surface area (Å²) in [4.78, 5) is 0. The highest BCUT2D eigenvalue weighted by Crippen LogP contribution is 2.27. The molecule has 0 aliphatic heterocycles. The van der Waals surface area contributed by atoms with Crippen molar-refractivity contribution in [1.82, 2.24) is 0 Å². The van der Waals surface area contributed by atoms with Crippen molar-refractivity contribution in [1.29, 1.82) is 0 Å². The summed E-state index contributed by atoms with van der Waals surface area (Å²) in [6.07, 6.45) is 0.120. The number of aliphatic hydroxyl groups excluding tert-OH is 1. The van der Waals surface area contributed by atoms with Gasteiger partial charge in [0, 0.05) is 0 Å². The molecule has 2 rings (SSSR count). The highest BCUT2D eigenvalue weighted by molar-refractivity contribution is 5.36. The number of hydrogen-bond donors (Lipinski definition) is 1. The quantitative estimate of drug-likeness (QED) is 0.897. The van der Waals surface area contributed by atoms with E-state index in [-0.39, 0.29) is 5.75 Å². The van der Waals surface area contributed by atoms with Crippen molar-refractivity contribution in [3.63, 3.8) is 0 Å². The molecule has 0 aromatic heterocycles. The molecule has 0 fully saturated rings. The van der Waals surface area contributed by atoms with E-state index in [0.717, 1.165) is 12.0 Å². The van der Waals surface area contributed by atoms with E-state index in [4.69, 9.17) is 4.74 Å². The molecule has 0 amide bonds. The Labute approximate surface area is 125 Å². The Hall–Kier alpha value is -1.87. The van der Waals surface area contributed by atoms with Gasteiger partial charge in [-0.2, -0.15) is 0 Å². The lowest BCUT2D eigenvalue weighted by atomic mass is 9.96. The first-order valence-electron chi connectivity index (χ1n) is 7.11. The van der Waals surface area contributed by atoms with Crippen LogP contribution in [0.25, 0.3) is 0 Å². The van der Waals surface area contributed by atoms with Gasteiger partial charge in [-0.25, -0.2) is 4.39 Å². The zero-order valence-corrected chi connectivity index (χ0v) is 12.6. The van der Waals surface area contributed by atoms with Crippen molar-refractivity contribution in [2.24, 2.45) is 5.92 Å². The highest BCUT2D eigenvalue weighted by Gasteiger charge is 2.14. The predicted octanol–water partition coefficient (Wildman–Crippen LogP) is 4.11. The first-order valence-corrected chi connectivity index (χ1v) is 7.11. The van der Waals surface area contributed by atoms with E-state index in [2.05, 4.69) is 13.8 Å². The largest absolute Gasteiger partial charge is 0.494 e. The van der Waals surface area contributed by atoms with Gasteiger partial charge in [0.15, 0.2) is 11.6 Å². The average molecular weight is 288 g/mol. The van der Waals surface area contributed by atoms with Crippen LogP contribution < -0.4 is 4.74 Å². The third-order valence-electron chi connectivity index (χ3n) is 3.40. The fraction of sp³-hybridized carbons (Fsp3) is 0.333. The molecule has 1 atom stereocenters. The van der Waals surface area contributed by atoms with Crippen molar-refractivity contribution in [3.8, 4) is 5.75 Å². The number of methoxy groups -OCH3 is 1. The molecule has 0 heterocycles. The molecular weight excluding hydrogens is 267 g/mol. The summed E-state index contributed by atoms with van der Waals surface area (Å²) >= 11 is 0. The van der Waals surface area contributed by atoms with Crippen molar-refractivity contribution in [2.75, 3.05) is 7.11 Å². The van der Waals surface area contributed by atoms with Crippen LogP contribution in [0.1, 0.15) is 36.6 Å². The van der Waals surface area contributed by atoms with Gasteiger partial charge >= 0.3 is 0 Å². The van der Waals surface area contributed by atoms with Crippen LogP contribution in [0.3, 0.4) is 0 Å². The topological polar surface area (TPSA) is 29.5 Å². The van der Waals surface area contributed by atoms with Crippen molar-refractivity contribution < 1.29 is 14.2 Å². The molecule has 0 aliphatic carbocycles. The Balaban J connectivity index is 2.27. The van der Waals surface area contributed by atoms with E-state index in [9.17, 15) is 9.50 Å². The molecule has 1 N–H and O–H groups in total. The van der Waals surface area contributed by atoms with Crippen LogP contribution >= 0.6 is 0 Å². The van der Waals surface area contributed by atoms with E-state index in [1.807, 2.05) is 24.3 Å². The van der Waals surface area contributed by atoms with Crippen LogP contribution in [0.5, 0.6) is 5.75 Å². The van der Waals surface area contributed by atoms with Crippen LogP contribution in [-0.2, 0) is 6.42 Å². The van der Waals surface area contributed by atoms with Crippen LogP contribution in [-0.4, -0.2) is 12.2 Å². The van der Waals surface area contributed by atoms with Crippen LogP contribution in [0.4, 0.5) is 4.39 Å². The molecular formula is C18H21FO2. The van der Waals surface area contributed by atoms with Crippen molar-refractivity contribution >= 4 is 0 Å². The van der Waals surface area contributed by atoms with Gasteiger partial charge in [0.25, 0.3) is 0 Å². The number of ether oxygens (including phenoxy) is 1. The maximum Gasteiger partial charge on any atom is 0.165 e. The van der Waals surface area contributed by atoms with Crippen molar-refractivity contribution in [3.05, 3.63) is 65.0 Å². The summed E-state index contributed by atoms with van der Waals surface area (Å²) in [5, 5.41) is 10.4. The standard InChI is InChI=1S/C18H21FO2/c1-12(2)9-13-5-4-6-14(10-13)18(20)15-7-8-17(21-3)16(19)11-15/h4-8,10-12,18,20H,9H2,1-3H3. The third kappa shape index (κ3) is 3.82. The molecule has 2 aromatic rings. The second kappa shape index (κ2) is 6.72. The summed E-state index contributed by atoms with van der Waals surface area (Å²) in [6.45, 7) is 4.31. The Kier molecular flexibility index (Phi) is 4.97. The normalized spacial score (nSPS) is 12.5. The molecule has 2 nitrogen and oxygen atoms in total. The third-order valence-corrected chi connectivity index (χ3v) is 3.40. The summed E-state index contributed by atoms with van der Waals surface area (Å²) < 4.78 is 18.6. The van der Waals surface area contributed by atoms with Gasteiger partial charge in [0.05, 0.1) is 7.11 Å². The molecule has 1 unspecified atom stereocenters. The van der Waals surface area contributed by atoms with Crippen LogP contribution in [0, 0.1) is 11.7 Å². The van der Waals surface area contributed by atoms with Gasteiger partial charge in [-0.3, -0.25) is 0 Å². The Bertz CT molecular complexity index is 608. The van der Waals surface area contributed by atoms with E-state index in [1.54, 1.807) is 6.07 Å². The predicted molar refractivity (Wildman–Crippen MR) is 82.0 cm³/mol. The summed E-state index contributed by atoms with van der Waals surface area (Å²) in [6, 6.07) is 12.3. The molecule has 0 saturated heterocycles. The fourth-order valence-corrected chi connectivity index (χ4v) is 2.41. The molecule has 2 aromatic carbocycles. The Morgan fingerprint density at radius 3 is 2.43 bits per heavy atom. The fourth-order valence-electron chi connectivity index (χ4n) is 2.41. The minimum atomic E-state index is -0.836. The first kappa shape index (κ1) is 15.5. The monoisotopic (exact) mass is 288 g/mol. The van der Waals surface area contributed by atoms with Gasteiger partial charge in [-0.05, 0) is 41.2 Å². The number of hydrogen-bond acceptors (Lipinski definition) is 2. The minimum Gasteiger partial charge on any atom is -0.494 e. The van der Waals surface area contributed by atoms with Gasteiger partial charge in [-0.15, -0.1) is 0 Å². The summed E-state index contributed by atoms with van der Waals surface area (Å²) in [7, 11) is 1.42. The Morgan fingerprint density at radius 1 is 1.10 bits per heavy atom. The van der Waals surface area contributed by atoms with E-state index in [0.29, 0.717) is 11.5 Å². The molecule has 0 radical (unpaired) electrons. The smallest absolute Gasteiger partial charge is 0.165 e. The lowest BCUT2D eigenvalue weighted by Crippen LogP contribution is -2.02. The van der Waals surface area contributed by atoms with E-state index < -0.39 is 11.9 Å². The number of benzene rings is 2. The summed E-state index contributed by atoms with van der Waals surface area (Å²) in [5.41, 5.74) is 2.48. The second-order valence-electron chi connectivity index (χ2n) is 5.64. The van der Waals surface area contributed by atoms with E-state index in [1.165, 1.54) is 24.8 Å². The van der Waals surface area contributed by atoms with Crippen LogP contribution in [0.2, 0.25) is 0 Å². The van der Waals surface area contributed by atoms with Gasteiger partial charge < -0.3 is 9.84 Å². The van der Waals surface area contributed by atoms with Gasteiger partial charge in [-0.1, -0.05) is 44.2 Å². The molecule has 0 bridgehead atoms. The zero-order valence-electron chi connectivity index (χ0n) is 12.6. The second-order valence-corrected chi connectivity index (χ2v) is 5.64. The zero-order chi connectivity index (χ0) is 15.4. The van der Waals surface area contributed by atoms with Crippen molar-refractivity contribution in [2.45, 2.75) is 26.4 Å². The summed E-state index contributed by atoms with van der Waals surface area (Å²) in [5.74, 6) is 0.266. The van der Waals surface area contributed by atoms with Gasteiger partial charge in [0.1, 0.15) is 6.10 Å². The number of halogens is 1. The molecule has 0 spiro atoms. The minimum absolute atomic E-state index is 0.180. The van der Waals surface area contributed by atoms with E-state index >= 15 is 0 Å². The maximum atomic E-state index is 13.7. The molecule has 0 saturated carbocycles. The van der Waals surface area contributed by atoms with Gasteiger partial charge in [0.2, 0.25) is 0 Å². The van der Waals surface area contributed by atoms with Crippen LogP contribution in [0.15, 0.2) is 42.5 Å². The average Bonchev–Trinajstić information content (AvgIpc) is 2.46. The molecule has 112 valence electrons. The lowest BCUT2D eigenvalue weighted by Gasteiger charge is -2.14. The SMILES string of the molecule is COc1ccc(C(O)c2cccc(CC(C)C)c2)cc1F. The molecule has 21 heavy (non-hydrogen) atoms. The lowest BCUT2D eigenvalue weighted by molar-refractivity contribution is 0.219. The first-order chi connectivity index (χ1) is 10.0. The Morgan fingerprint density at radius 2 is 1.81 bits per heavy atom. The molecule has 3 heteroatoms. The highest BCUT2D eigenvalue weighted by atomic mass is 19.1. The number of rotatable bonds is 5. The molecule has 0 aliphatic rings.